The number of guanidine groups is 1. The van der Waals surface area contributed by atoms with Crippen LogP contribution in [0.25, 0.3) is 0 Å². The number of alkyl carbamates (subject to hydrolysis) is 1. The third-order valence-corrected chi connectivity index (χ3v) is 14.6. The van der Waals surface area contributed by atoms with Gasteiger partial charge in [-0.3, -0.25) is 38.6 Å². The molecule has 30 heteroatoms. The molecular weight excluding hydrogens is 1140 g/mol. The molecule has 3 rings (SSSR count). The average molecular weight is 1240 g/mol. The molecule has 0 spiro atoms. The first-order valence-electron chi connectivity index (χ1n) is 29.8. The van der Waals surface area contributed by atoms with Crippen LogP contribution in [0.15, 0.2) is 35.3 Å². The summed E-state index contributed by atoms with van der Waals surface area (Å²) in [6, 6.07) is 5.98. The fraction of sp³-hybridized carbons (Fsp3) is 0.714. The number of unbranched alkanes of at least 4 members (excludes halogenated alkanes) is 2. The Labute approximate surface area is 508 Å². The molecule has 0 aliphatic carbocycles. The predicted octanol–water partition coefficient (Wildman–Crippen LogP) is -1.35. The molecule has 29 nitrogen and oxygen atoms in total. The zero-order valence-electron chi connectivity index (χ0n) is 50.1. The van der Waals surface area contributed by atoms with Crippen LogP contribution < -0.4 is 70.4 Å². The number of nitrogens with zero attached hydrogens (tertiary/aromatic N) is 1. The molecular formula is C56H96N14O15S. The van der Waals surface area contributed by atoms with E-state index >= 15 is 0 Å². The van der Waals surface area contributed by atoms with Crippen LogP contribution in [0.5, 0.6) is 0 Å². The Balaban J connectivity index is 1.18. The summed E-state index contributed by atoms with van der Waals surface area (Å²) in [7, 11) is 0. The Morgan fingerprint density at radius 3 is 1.90 bits per heavy atom. The van der Waals surface area contributed by atoms with Crippen molar-refractivity contribution in [3.05, 3.63) is 35.9 Å². The first-order valence-corrected chi connectivity index (χ1v) is 30.8. The second-order valence-electron chi connectivity index (χ2n) is 20.9. The zero-order valence-corrected chi connectivity index (χ0v) is 50.9. The summed E-state index contributed by atoms with van der Waals surface area (Å²) in [4.78, 5) is 118. The highest BCUT2D eigenvalue weighted by molar-refractivity contribution is 8.00. The maximum atomic E-state index is 13.7. The first kappa shape index (κ1) is 73.7. The number of aliphatic imine (C=N–C) groups is 1. The molecule has 0 saturated carbocycles. The van der Waals surface area contributed by atoms with E-state index in [2.05, 4.69) is 58.2 Å². The molecule has 1 unspecified atom stereocenters. The minimum absolute atomic E-state index is 0.0410. The molecule has 86 heavy (non-hydrogen) atoms. The summed E-state index contributed by atoms with van der Waals surface area (Å²) in [5.74, 6) is -2.68. The Hall–Kier alpha value is -6.57. The van der Waals surface area contributed by atoms with Gasteiger partial charge in [-0.25, -0.2) is 9.59 Å². The number of nitrogens with one attached hydrogen (secondary N) is 10. The number of hydrogen-bond donors (Lipinski definition) is 13. The van der Waals surface area contributed by atoms with Gasteiger partial charge in [-0.2, -0.15) is 11.8 Å². The average Bonchev–Trinajstić information content (AvgIpc) is 2.47. The molecule has 2 heterocycles. The zero-order chi connectivity index (χ0) is 62.6. The molecule has 0 bridgehead atoms. The lowest BCUT2D eigenvalue weighted by Crippen LogP contribution is -2.56. The highest BCUT2D eigenvalue weighted by atomic mass is 32.2. The number of carbonyl (C=O) groups is 9. The SMILES string of the molecule is CC(C)C[C@H](NC(=O)[C@H](CCCCN)NC(=O)CNC(=O)[C@H](CCCN=C(N)N)NC(=O)OCc1ccccc1)C(=O)NCC(=O)NCCOCCOCC(=O)NCCCOCCOCCOCCCNC(=O)CCCCC1SC[C@@H]2NC(=O)N[C@H]12. The van der Waals surface area contributed by atoms with Crippen molar-refractivity contribution in [3.63, 3.8) is 0 Å². The van der Waals surface area contributed by atoms with Gasteiger partial charge in [0.1, 0.15) is 31.3 Å². The number of rotatable bonds is 49. The number of benzene rings is 1. The first-order chi connectivity index (χ1) is 41.5. The van der Waals surface area contributed by atoms with E-state index in [0.717, 1.165) is 30.6 Å². The largest absolute Gasteiger partial charge is 0.445 e. The minimum atomic E-state index is -1.12. The molecule has 2 aliphatic rings. The van der Waals surface area contributed by atoms with Crippen LogP contribution in [0.2, 0.25) is 0 Å². The molecule has 10 amide bonds. The van der Waals surface area contributed by atoms with Crippen molar-refractivity contribution in [1.29, 1.82) is 0 Å². The number of hydrogen-bond acceptors (Lipinski definition) is 18. The molecule has 0 radical (unpaired) electrons. The van der Waals surface area contributed by atoms with Crippen LogP contribution in [0.4, 0.5) is 9.59 Å². The molecule has 2 fully saturated rings. The summed E-state index contributed by atoms with van der Waals surface area (Å²) in [6.45, 7) is 7.27. The van der Waals surface area contributed by atoms with Crippen molar-refractivity contribution in [2.75, 3.05) is 118 Å². The maximum Gasteiger partial charge on any atom is 0.408 e. The standard InChI is InChI=1S/C56H96N14O15S/c1-39(2)33-43(67-53(77)42(15-8-9-19-57)66-48(73)35-65-51(75)41(16-10-20-63-54(58)59)69-56(79)85-36-40-13-4-3-5-14-40)52(76)64-34-47(72)62-23-26-82-31-32-84-37-49(74)61-22-12-25-81-28-30-83-29-27-80-24-11-21-60-46(71)18-7-6-17-45-50-44(38-86-45)68-55(78)70-50/h3-5,13-14,39,41-45,50H,6-12,15-38,57H2,1-2H3,(H,60,71)(H,61,74)(H,62,72)(H,64,76)(H,65,75)(H,66,73)(H,67,77)(H,69,79)(H4,58,59,63)(H2,68,70,78)/t41-,42-,43-,44-,45?,50-/m0/s1. The topological polar surface area (TPSA) is 420 Å². The summed E-state index contributed by atoms with van der Waals surface area (Å²) in [5, 5.41) is 27.6. The molecule has 2 saturated heterocycles. The Morgan fingerprint density at radius 2 is 1.22 bits per heavy atom. The van der Waals surface area contributed by atoms with Gasteiger partial charge in [-0.05, 0) is 82.2 Å². The highest BCUT2D eigenvalue weighted by Crippen LogP contribution is 2.33. The van der Waals surface area contributed by atoms with Crippen molar-refractivity contribution < 1.29 is 71.6 Å². The van der Waals surface area contributed by atoms with Gasteiger partial charge in [0.2, 0.25) is 41.4 Å². The second-order valence-corrected chi connectivity index (χ2v) is 22.1. The van der Waals surface area contributed by atoms with Gasteiger partial charge in [0.05, 0.1) is 71.4 Å². The predicted molar refractivity (Wildman–Crippen MR) is 322 cm³/mol. The number of thioether (sulfide) groups is 1. The van der Waals surface area contributed by atoms with Crippen LogP contribution in [0, 0.1) is 5.92 Å². The molecule has 1 aromatic carbocycles. The quantitative estimate of drug-likeness (QED) is 0.0155. The monoisotopic (exact) mass is 1240 g/mol. The van der Waals surface area contributed by atoms with E-state index in [1.807, 2.05) is 31.7 Å². The van der Waals surface area contributed by atoms with Gasteiger partial charge in [0, 0.05) is 56.8 Å². The van der Waals surface area contributed by atoms with E-state index in [4.69, 9.17) is 45.6 Å². The van der Waals surface area contributed by atoms with Gasteiger partial charge in [-0.1, -0.05) is 50.6 Å². The van der Waals surface area contributed by atoms with Crippen LogP contribution in [-0.4, -0.2) is 213 Å². The number of amides is 10. The third-order valence-electron chi connectivity index (χ3n) is 13.1. The van der Waals surface area contributed by atoms with Gasteiger partial charge in [0.15, 0.2) is 5.96 Å². The van der Waals surface area contributed by atoms with Crippen LogP contribution in [-0.2, 0) is 68.6 Å². The number of ether oxygens (including phenoxy) is 6. The van der Waals surface area contributed by atoms with E-state index in [9.17, 15) is 43.2 Å². The van der Waals surface area contributed by atoms with Gasteiger partial charge >= 0.3 is 12.1 Å². The van der Waals surface area contributed by atoms with Crippen molar-refractivity contribution >= 4 is 71.2 Å². The van der Waals surface area contributed by atoms with Crippen molar-refractivity contribution in [1.82, 2.24) is 53.2 Å². The fourth-order valence-electron chi connectivity index (χ4n) is 8.71. The molecule has 16 N–H and O–H groups in total. The summed E-state index contributed by atoms with van der Waals surface area (Å²) < 4.78 is 32.8. The van der Waals surface area contributed by atoms with E-state index in [-0.39, 0.29) is 114 Å². The van der Waals surface area contributed by atoms with Crippen LogP contribution in [0.3, 0.4) is 0 Å². The minimum Gasteiger partial charge on any atom is -0.445 e. The molecule has 486 valence electrons. The molecule has 0 aromatic heterocycles. The van der Waals surface area contributed by atoms with Gasteiger partial charge in [0.25, 0.3) is 0 Å². The van der Waals surface area contributed by atoms with E-state index in [0.29, 0.717) is 103 Å². The summed E-state index contributed by atoms with van der Waals surface area (Å²) in [5.41, 5.74) is 17.2. The fourth-order valence-corrected chi connectivity index (χ4v) is 10.3. The van der Waals surface area contributed by atoms with Gasteiger partial charge < -0.3 is 98.8 Å². The number of carbonyl (C=O) groups excluding carboxylic acids is 9. The lowest BCUT2D eigenvalue weighted by Gasteiger charge is -2.24. The number of fused-ring (bicyclic) bond motifs is 1. The lowest BCUT2D eigenvalue weighted by molar-refractivity contribution is -0.133. The highest BCUT2D eigenvalue weighted by Gasteiger charge is 2.42. The molecule has 6 atom stereocenters. The molecule has 1 aromatic rings. The van der Waals surface area contributed by atoms with Crippen molar-refractivity contribution in [2.45, 2.75) is 133 Å². The van der Waals surface area contributed by atoms with E-state index < -0.39 is 60.3 Å². The van der Waals surface area contributed by atoms with Crippen molar-refractivity contribution in [3.8, 4) is 0 Å². The van der Waals surface area contributed by atoms with Gasteiger partial charge in [-0.15, -0.1) is 0 Å². The summed E-state index contributed by atoms with van der Waals surface area (Å²) in [6.07, 6.45) is 5.50. The van der Waals surface area contributed by atoms with Crippen molar-refractivity contribution in [2.24, 2.45) is 28.1 Å². The third kappa shape index (κ3) is 35.2. The van der Waals surface area contributed by atoms with Crippen LogP contribution >= 0.6 is 11.8 Å². The number of nitrogens with two attached hydrogens (primary N) is 3. The molecule has 2 aliphatic heterocycles. The lowest BCUT2D eigenvalue weighted by atomic mass is 10.0. The normalized spacial score (nSPS) is 16.0. The van der Waals surface area contributed by atoms with E-state index in [1.54, 1.807) is 24.3 Å². The Bertz CT molecular complexity index is 2200. The van der Waals surface area contributed by atoms with Crippen LogP contribution in [0.1, 0.15) is 96.5 Å². The smallest absolute Gasteiger partial charge is 0.408 e. The number of urea groups is 1. The summed E-state index contributed by atoms with van der Waals surface area (Å²) >= 11 is 1.88. The van der Waals surface area contributed by atoms with E-state index in [1.165, 1.54) is 0 Å². The Morgan fingerprint density at radius 1 is 0.616 bits per heavy atom. The second kappa shape index (κ2) is 45.7. The maximum absolute atomic E-state index is 13.7. The Kier molecular flexibility index (Phi) is 39.2.